The smallest absolute Gasteiger partial charge is 0.335 e. The number of aromatic amines is 1. The second-order valence-corrected chi connectivity index (χ2v) is 20.4. The summed E-state index contributed by atoms with van der Waals surface area (Å²) < 4.78 is 23.5. The third-order valence-corrected chi connectivity index (χ3v) is 18.0. The highest BCUT2D eigenvalue weighted by molar-refractivity contribution is 6.83. The first kappa shape index (κ1) is 29.0. The molecule has 14 heteroatoms. The predicted octanol–water partition coefficient (Wildman–Crippen LogP) is 2.33. The summed E-state index contributed by atoms with van der Waals surface area (Å²) in [6, 6.07) is -0.677. The van der Waals surface area contributed by atoms with Crippen molar-refractivity contribution in [3.05, 3.63) is 44.5 Å². The third-order valence-electron chi connectivity index (χ3n) is 8.24. The molecule has 0 saturated carbocycles. The number of nitrogens with zero attached hydrogens (tertiary/aromatic N) is 4. The van der Waals surface area contributed by atoms with E-state index in [0.717, 1.165) is 0 Å². The van der Waals surface area contributed by atoms with Crippen molar-refractivity contribution in [2.24, 2.45) is 0 Å². The molecule has 0 amide bonds. The zero-order valence-electron chi connectivity index (χ0n) is 23.6. The van der Waals surface area contributed by atoms with Gasteiger partial charge in [-0.05, 0) is 29.1 Å². The van der Waals surface area contributed by atoms with Crippen LogP contribution >= 0.6 is 0 Å². The number of H-pyrrole nitrogens is 1. The van der Waals surface area contributed by atoms with Gasteiger partial charge in [0.15, 0.2) is 11.8 Å². The van der Waals surface area contributed by atoms with Crippen molar-refractivity contribution in [3.63, 3.8) is 0 Å². The minimum Gasteiger partial charge on any atom is -0.414 e. The summed E-state index contributed by atoms with van der Waals surface area (Å²) in [6.45, 7) is 17.2. The molecule has 2 aliphatic rings. The van der Waals surface area contributed by atoms with Gasteiger partial charge in [0.25, 0.3) is 5.56 Å². The van der Waals surface area contributed by atoms with Crippen molar-refractivity contribution in [2.75, 3.05) is 6.61 Å². The predicted molar refractivity (Wildman–Crippen MR) is 144 cm³/mol. The molecule has 4 rings (SSSR count). The van der Waals surface area contributed by atoms with E-state index in [0.29, 0.717) is 11.3 Å². The molecule has 1 unspecified atom stereocenters. The second kappa shape index (κ2) is 9.91. The Labute approximate surface area is 224 Å². The fraction of sp³-hybridized carbons (Fsp3) is 0.750. The number of aliphatic hydroxyl groups excluding tert-OH is 1. The van der Waals surface area contributed by atoms with Crippen LogP contribution in [0.2, 0.25) is 22.2 Å². The number of fused-ring (bicyclic) bond motifs is 5. The van der Waals surface area contributed by atoms with E-state index in [4.69, 9.17) is 13.3 Å². The molecule has 3 N–H and O–H groups in total. The minimum atomic E-state index is -3.26. The van der Waals surface area contributed by atoms with E-state index in [9.17, 15) is 19.5 Å². The largest absolute Gasteiger partial charge is 0.414 e. The number of aryl methyl sites for hydroxylation is 1. The zero-order valence-corrected chi connectivity index (χ0v) is 25.6. The summed E-state index contributed by atoms with van der Waals surface area (Å²) in [5.74, 6) is 0. The van der Waals surface area contributed by atoms with Gasteiger partial charge in [-0.2, -0.15) is 0 Å². The van der Waals surface area contributed by atoms with E-state index in [-0.39, 0.29) is 22.2 Å². The number of nitrogens with one attached hydrogen (secondary N) is 1. The summed E-state index contributed by atoms with van der Waals surface area (Å²) in [5.41, 5.74) is -1.88. The Morgan fingerprint density at radius 2 is 1.71 bits per heavy atom. The Hall–Kier alpha value is -1.95. The Bertz CT molecular complexity index is 1270. The van der Waals surface area contributed by atoms with Crippen LogP contribution in [0.5, 0.6) is 0 Å². The van der Waals surface area contributed by atoms with E-state index in [1.54, 1.807) is 11.6 Å². The normalized spacial score (nSPS) is 25.4. The van der Waals surface area contributed by atoms with Crippen molar-refractivity contribution < 1.29 is 23.2 Å². The molecule has 38 heavy (non-hydrogen) atoms. The highest BCUT2D eigenvalue weighted by Crippen LogP contribution is 2.58. The molecule has 4 atom stereocenters. The SMILES string of the molecule is Cc1cn([C@@H]2O[C@]3(CO)c4cnnn4[C@H]2C3O[Si](O[Si](O)(C(C)C)C(C)C)(C(C)C)C(C)C)c(=O)[nH]c1=O. The summed E-state index contributed by atoms with van der Waals surface area (Å²) in [5, 5.41) is 19.1. The Kier molecular flexibility index (Phi) is 7.57. The molecule has 12 nitrogen and oxygen atoms in total. The lowest BCUT2D eigenvalue weighted by atomic mass is 9.97. The maximum Gasteiger partial charge on any atom is 0.335 e. The molecular formula is C24H41N5O7Si2. The average molecular weight is 568 g/mol. The van der Waals surface area contributed by atoms with Crippen molar-refractivity contribution >= 4 is 17.1 Å². The maximum atomic E-state index is 12.9. The molecule has 0 aromatic carbocycles. The van der Waals surface area contributed by atoms with Crippen LogP contribution in [0.15, 0.2) is 22.0 Å². The molecule has 0 spiro atoms. The zero-order chi connectivity index (χ0) is 28.4. The molecule has 1 fully saturated rings. The molecule has 2 aromatic rings. The fourth-order valence-corrected chi connectivity index (χ4v) is 15.9. The van der Waals surface area contributed by atoms with Crippen LogP contribution in [0.4, 0.5) is 0 Å². The van der Waals surface area contributed by atoms with Crippen LogP contribution in [-0.4, -0.2) is 64.3 Å². The van der Waals surface area contributed by atoms with E-state index in [2.05, 4.69) is 15.3 Å². The molecule has 4 heterocycles. The van der Waals surface area contributed by atoms with E-state index in [1.807, 2.05) is 55.4 Å². The van der Waals surface area contributed by atoms with Crippen molar-refractivity contribution in [3.8, 4) is 0 Å². The van der Waals surface area contributed by atoms with Crippen molar-refractivity contribution in [1.29, 1.82) is 0 Å². The average Bonchev–Trinajstić information content (AvgIpc) is 3.50. The maximum absolute atomic E-state index is 12.9. The number of ether oxygens (including phenoxy) is 1. The number of aliphatic hydroxyl groups is 1. The Morgan fingerprint density at radius 1 is 1.11 bits per heavy atom. The fourth-order valence-electron chi connectivity index (χ4n) is 5.92. The molecule has 1 saturated heterocycles. The summed E-state index contributed by atoms with van der Waals surface area (Å²) in [4.78, 5) is 39.1. The van der Waals surface area contributed by atoms with Gasteiger partial charge in [-0.1, -0.05) is 60.6 Å². The lowest BCUT2D eigenvalue weighted by Crippen LogP contribution is -2.62. The Balaban J connectivity index is 1.87. The van der Waals surface area contributed by atoms with Gasteiger partial charge in [-0.15, -0.1) is 5.10 Å². The molecule has 212 valence electrons. The summed E-state index contributed by atoms with van der Waals surface area (Å²) >= 11 is 0. The van der Waals surface area contributed by atoms with E-state index in [1.165, 1.54) is 17.0 Å². The lowest BCUT2D eigenvalue weighted by Gasteiger charge is -2.47. The molecule has 2 aliphatic heterocycles. The van der Waals surface area contributed by atoms with Gasteiger partial charge in [0, 0.05) is 11.8 Å². The molecule has 2 bridgehead atoms. The summed E-state index contributed by atoms with van der Waals surface area (Å²) in [6.07, 6.45) is 1.27. The highest BCUT2D eigenvalue weighted by atomic mass is 28.5. The van der Waals surface area contributed by atoms with Gasteiger partial charge in [0.2, 0.25) is 0 Å². The monoisotopic (exact) mass is 567 g/mol. The lowest BCUT2D eigenvalue weighted by molar-refractivity contribution is -0.143. The van der Waals surface area contributed by atoms with Crippen LogP contribution in [-0.2, 0) is 18.9 Å². The highest BCUT2D eigenvalue weighted by Gasteiger charge is 2.69. The van der Waals surface area contributed by atoms with Gasteiger partial charge in [0.05, 0.1) is 18.5 Å². The summed E-state index contributed by atoms with van der Waals surface area (Å²) in [7, 11) is -6.50. The van der Waals surface area contributed by atoms with Gasteiger partial charge >= 0.3 is 22.8 Å². The van der Waals surface area contributed by atoms with Crippen LogP contribution in [0.3, 0.4) is 0 Å². The third kappa shape index (κ3) is 4.12. The molecular weight excluding hydrogens is 526 g/mol. The first-order chi connectivity index (χ1) is 17.7. The molecule has 0 aliphatic carbocycles. The topological polar surface area (TPSA) is 154 Å². The standard InChI is InChI=1S/C24H41N5O7Si2/c1-13(2)37(33,14(3)4)36-38(15(5)6,16(7)8)35-20-19-22(28-11-17(9)21(31)26-23(28)32)34-24(20,12-30)18-10-25-27-29(18)19/h10-11,13-16,19-20,22,30,33H,12H2,1-9H3,(H,26,31,32)/t19-,20?,22+,24+/m0/s1. The quantitative estimate of drug-likeness (QED) is 0.367. The van der Waals surface area contributed by atoms with Gasteiger partial charge < -0.3 is 23.2 Å². The van der Waals surface area contributed by atoms with Crippen molar-refractivity contribution in [2.45, 2.75) is 108 Å². The minimum absolute atomic E-state index is 0.0586. The number of hydrogen-bond donors (Lipinski definition) is 3. The first-order valence-electron chi connectivity index (χ1n) is 13.3. The first-order valence-corrected chi connectivity index (χ1v) is 17.3. The number of aromatic nitrogens is 5. The van der Waals surface area contributed by atoms with Crippen LogP contribution in [0.1, 0.15) is 78.9 Å². The number of rotatable bonds is 10. The van der Waals surface area contributed by atoms with E-state index >= 15 is 0 Å². The van der Waals surface area contributed by atoms with Gasteiger partial charge in [-0.3, -0.25) is 14.3 Å². The number of hydrogen-bond acceptors (Lipinski definition) is 9. The van der Waals surface area contributed by atoms with E-state index < -0.39 is 59.0 Å². The van der Waals surface area contributed by atoms with Crippen LogP contribution in [0.25, 0.3) is 0 Å². The van der Waals surface area contributed by atoms with Crippen molar-refractivity contribution in [1.82, 2.24) is 24.5 Å². The van der Waals surface area contributed by atoms with Crippen LogP contribution < -0.4 is 11.2 Å². The second-order valence-electron chi connectivity index (χ2n) is 11.8. The van der Waals surface area contributed by atoms with Gasteiger partial charge in [0.1, 0.15) is 12.1 Å². The molecule has 2 aromatic heterocycles. The van der Waals surface area contributed by atoms with Gasteiger partial charge in [-0.25, -0.2) is 9.48 Å². The Morgan fingerprint density at radius 3 is 2.24 bits per heavy atom. The molecule has 0 radical (unpaired) electrons. The van der Waals surface area contributed by atoms with Crippen LogP contribution in [0, 0.1) is 6.92 Å².